The van der Waals surface area contributed by atoms with Crippen molar-refractivity contribution in [3.63, 3.8) is 0 Å². The molecule has 0 fully saturated rings. The third-order valence-electron chi connectivity index (χ3n) is 5.78. The summed E-state index contributed by atoms with van der Waals surface area (Å²) < 4.78 is 33.9. The topological polar surface area (TPSA) is 88.1 Å². The van der Waals surface area contributed by atoms with Gasteiger partial charge < -0.3 is 4.74 Å². The number of nitrogens with one attached hydrogen (secondary N) is 1. The van der Waals surface area contributed by atoms with Crippen molar-refractivity contribution in [2.75, 3.05) is 6.54 Å². The first kappa shape index (κ1) is 28.0. The van der Waals surface area contributed by atoms with Crippen LogP contribution in [0.3, 0.4) is 0 Å². The lowest BCUT2D eigenvalue weighted by Crippen LogP contribution is -2.39. The summed E-state index contributed by atoms with van der Waals surface area (Å²) in [4.78, 5) is 12.9. The van der Waals surface area contributed by atoms with Crippen LogP contribution in [0.4, 0.5) is 0 Å². The van der Waals surface area contributed by atoms with Gasteiger partial charge in [-0.25, -0.2) is 13.8 Å². The second-order valence-corrected chi connectivity index (χ2v) is 11.2. The number of hydrazone groups is 1. The van der Waals surface area contributed by atoms with Gasteiger partial charge in [-0.3, -0.25) is 4.79 Å². The number of amides is 1. The average molecular weight is 562 g/mol. The van der Waals surface area contributed by atoms with Crippen LogP contribution in [0.2, 0.25) is 5.02 Å². The highest BCUT2D eigenvalue weighted by Gasteiger charge is 2.27. The molecule has 4 aromatic carbocycles. The van der Waals surface area contributed by atoms with Gasteiger partial charge in [-0.1, -0.05) is 83.9 Å². The van der Waals surface area contributed by atoms with Gasteiger partial charge in [-0.2, -0.15) is 9.41 Å². The van der Waals surface area contributed by atoms with Gasteiger partial charge in [0.1, 0.15) is 12.4 Å². The Balaban J connectivity index is 1.46. The molecule has 0 atom stereocenters. The summed E-state index contributed by atoms with van der Waals surface area (Å²) in [6.07, 6.45) is 1.47. The predicted octanol–water partition coefficient (Wildman–Crippen LogP) is 5.57. The molecule has 200 valence electrons. The Hall–Kier alpha value is -3.98. The first-order valence-corrected chi connectivity index (χ1v) is 14.0. The normalized spacial score (nSPS) is 11.6. The molecule has 1 amide bonds. The highest BCUT2D eigenvalue weighted by molar-refractivity contribution is 7.89. The molecule has 0 unspecified atom stereocenters. The lowest BCUT2D eigenvalue weighted by atomic mass is 10.2. The Morgan fingerprint density at radius 2 is 1.62 bits per heavy atom. The molecule has 0 aliphatic carbocycles. The van der Waals surface area contributed by atoms with E-state index >= 15 is 0 Å². The van der Waals surface area contributed by atoms with Crippen molar-refractivity contribution in [1.29, 1.82) is 0 Å². The van der Waals surface area contributed by atoms with Crippen molar-refractivity contribution < 1.29 is 17.9 Å². The molecule has 9 heteroatoms. The van der Waals surface area contributed by atoms with Crippen LogP contribution in [0, 0.1) is 6.92 Å². The number of hydrogen-bond acceptors (Lipinski definition) is 5. The Kier molecular flexibility index (Phi) is 9.49. The van der Waals surface area contributed by atoms with Gasteiger partial charge in [0.05, 0.1) is 17.7 Å². The molecule has 39 heavy (non-hydrogen) atoms. The van der Waals surface area contributed by atoms with Gasteiger partial charge in [0.25, 0.3) is 5.91 Å². The lowest BCUT2D eigenvalue weighted by molar-refractivity contribution is -0.121. The summed E-state index contributed by atoms with van der Waals surface area (Å²) >= 11 is 6.10. The van der Waals surface area contributed by atoms with E-state index in [-0.39, 0.29) is 11.4 Å². The first-order chi connectivity index (χ1) is 18.8. The standard InChI is InChI=1S/C30H28ClN3O4S/c1-23-14-16-28(17-15-23)39(36,37)34(20-25-10-7-12-27(31)18-25)21-30(35)33-32-19-26-11-5-6-13-29(26)38-22-24-8-3-2-4-9-24/h2-19H,20-22H2,1H3,(H,33,35)/b32-19-. The summed E-state index contributed by atoms with van der Waals surface area (Å²) in [6, 6.07) is 30.4. The lowest BCUT2D eigenvalue weighted by Gasteiger charge is -2.21. The molecule has 0 bridgehead atoms. The molecule has 0 aliphatic rings. The summed E-state index contributed by atoms with van der Waals surface area (Å²) in [5.41, 5.74) is 5.70. The van der Waals surface area contributed by atoms with Gasteiger partial charge in [0.2, 0.25) is 10.0 Å². The SMILES string of the molecule is Cc1ccc(S(=O)(=O)N(CC(=O)N/N=C\c2ccccc2OCc2ccccc2)Cc2cccc(Cl)c2)cc1. The van der Waals surface area contributed by atoms with E-state index < -0.39 is 22.5 Å². The highest BCUT2D eigenvalue weighted by Crippen LogP contribution is 2.21. The highest BCUT2D eigenvalue weighted by atomic mass is 35.5. The van der Waals surface area contributed by atoms with Crippen LogP contribution in [0.5, 0.6) is 5.75 Å². The van der Waals surface area contributed by atoms with Crippen LogP contribution in [0.25, 0.3) is 0 Å². The summed E-state index contributed by atoms with van der Waals surface area (Å²) in [5, 5.41) is 4.53. The Morgan fingerprint density at radius 3 is 2.36 bits per heavy atom. The maximum absolute atomic E-state index is 13.5. The summed E-state index contributed by atoms with van der Waals surface area (Å²) in [5.74, 6) is 0.00975. The van der Waals surface area contributed by atoms with Gasteiger partial charge in [0, 0.05) is 17.1 Å². The van der Waals surface area contributed by atoms with Crippen molar-refractivity contribution in [1.82, 2.24) is 9.73 Å². The van der Waals surface area contributed by atoms with E-state index in [0.29, 0.717) is 28.5 Å². The van der Waals surface area contributed by atoms with Gasteiger partial charge in [0.15, 0.2) is 0 Å². The third-order valence-corrected chi connectivity index (χ3v) is 7.82. The van der Waals surface area contributed by atoms with E-state index in [1.165, 1.54) is 18.3 Å². The molecule has 0 saturated carbocycles. The smallest absolute Gasteiger partial charge is 0.255 e. The number of ether oxygens (including phenoxy) is 1. The number of para-hydroxylation sites is 1. The second-order valence-electron chi connectivity index (χ2n) is 8.82. The van der Waals surface area contributed by atoms with Crippen LogP contribution >= 0.6 is 11.6 Å². The van der Waals surface area contributed by atoms with Crippen LogP contribution < -0.4 is 10.2 Å². The molecule has 0 saturated heterocycles. The van der Waals surface area contributed by atoms with Crippen LogP contribution in [0.15, 0.2) is 113 Å². The monoisotopic (exact) mass is 561 g/mol. The number of aryl methyl sites for hydroxylation is 1. The Bertz CT molecular complexity index is 1540. The van der Waals surface area contributed by atoms with Crippen molar-refractivity contribution in [2.45, 2.75) is 25.0 Å². The fraction of sp³-hybridized carbons (Fsp3) is 0.133. The first-order valence-electron chi connectivity index (χ1n) is 12.2. The zero-order valence-corrected chi connectivity index (χ0v) is 22.9. The number of hydrogen-bond donors (Lipinski definition) is 1. The quantitative estimate of drug-likeness (QED) is 0.192. The Morgan fingerprint density at radius 1 is 0.923 bits per heavy atom. The minimum atomic E-state index is -3.98. The molecule has 1 N–H and O–H groups in total. The summed E-state index contributed by atoms with van der Waals surface area (Å²) in [7, 11) is -3.98. The largest absolute Gasteiger partial charge is 0.488 e. The zero-order valence-electron chi connectivity index (χ0n) is 21.3. The van der Waals surface area contributed by atoms with Crippen molar-refractivity contribution in [2.24, 2.45) is 5.10 Å². The van der Waals surface area contributed by atoms with Crippen molar-refractivity contribution in [3.05, 3.63) is 130 Å². The molecule has 0 heterocycles. The molecule has 0 aromatic heterocycles. The fourth-order valence-corrected chi connectivity index (χ4v) is 5.34. The molecule has 0 aliphatic heterocycles. The van der Waals surface area contributed by atoms with Gasteiger partial charge >= 0.3 is 0 Å². The predicted molar refractivity (Wildman–Crippen MR) is 153 cm³/mol. The van der Waals surface area contributed by atoms with Crippen LogP contribution in [0.1, 0.15) is 22.3 Å². The van der Waals surface area contributed by atoms with E-state index in [1.807, 2.05) is 61.5 Å². The number of nitrogens with zero attached hydrogens (tertiary/aromatic N) is 2. The molecule has 4 rings (SSSR count). The van der Waals surface area contributed by atoms with E-state index in [2.05, 4.69) is 10.5 Å². The zero-order chi connectivity index (χ0) is 27.7. The molecular weight excluding hydrogens is 534 g/mol. The number of sulfonamides is 1. The molecule has 4 aromatic rings. The van der Waals surface area contributed by atoms with E-state index in [4.69, 9.17) is 16.3 Å². The minimum absolute atomic E-state index is 0.0376. The van der Waals surface area contributed by atoms with E-state index in [9.17, 15) is 13.2 Å². The average Bonchev–Trinajstić information content (AvgIpc) is 2.93. The third kappa shape index (κ3) is 8.00. The van der Waals surface area contributed by atoms with Gasteiger partial charge in [-0.15, -0.1) is 0 Å². The second kappa shape index (κ2) is 13.2. The summed E-state index contributed by atoms with van der Waals surface area (Å²) in [6.45, 7) is 1.78. The molecule has 7 nitrogen and oxygen atoms in total. The maximum Gasteiger partial charge on any atom is 0.255 e. The Labute approximate surface area is 233 Å². The number of rotatable bonds is 11. The minimum Gasteiger partial charge on any atom is -0.488 e. The van der Waals surface area contributed by atoms with Crippen molar-refractivity contribution >= 4 is 33.7 Å². The number of carbonyl (C=O) groups is 1. The fourth-order valence-electron chi connectivity index (χ4n) is 3.75. The van der Waals surface area contributed by atoms with Crippen molar-refractivity contribution in [3.8, 4) is 5.75 Å². The number of carbonyl (C=O) groups excluding carboxylic acids is 1. The van der Waals surface area contributed by atoms with Crippen LogP contribution in [-0.4, -0.2) is 31.4 Å². The molecule has 0 radical (unpaired) electrons. The number of benzene rings is 4. The van der Waals surface area contributed by atoms with Gasteiger partial charge in [-0.05, 0) is 54.4 Å². The molecule has 0 spiro atoms. The van der Waals surface area contributed by atoms with E-state index in [0.717, 1.165) is 15.4 Å². The maximum atomic E-state index is 13.5. The van der Waals surface area contributed by atoms with E-state index in [1.54, 1.807) is 36.4 Å². The number of halogens is 1. The molecular formula is C30H28ClN3O4S. The van der Waals surface area contributed by atoms with Crippen LogP contribution in [-0.2, 0) is 28.0 Å².